The summed E-state index contributed by atoms with van der Waals surface area (Å²) in [4.78, 5) is 28.2. The topological polar surface area (TPSA) is 82.5 Å². The predicted octanol–water partition coefficient (Wildman–Crippen LogP) is 6.37. The van der Waals surface area contributed by atoms with Crippen LogP contribution in [0.15, 0.2) is 54.6 Å². The van der Waals surface area contributed by atoms with Gasteiger partial charge in [0, 0.05) is 19.6 Å². The minimum atomic E-state index is -4.89. The minimum Gasteiger partial charge on any atom is -0.341 e. The second kappa shape index (κ2) is 12.7. The van der Waals surface area contributed by atoms with Gasteiger partial charge in [-0.05, 0) is 79.2 Å². The average Bonchev–Trinajstić information content (AvgIpc) is 3.36. The molecule has 3 amide bonds. The van der Waals surface area contributed by atoms with E-state index in [9.17, 15) is 31.5 Å². The van der Waals surface area contributed by atoms with Crippen LogP contribution in [0.4, 0.5) is 32.4 Å². The van der Waals surface area contributed by atoms with Crippen LogP contribution in [-0.2, 0) is 30.4 Å². The van der Waals surface area contributed by atoms with Crippen molar-refractivity contribution in [3.05, 3.63) is 82.7 Å². The third kappa shape index (κ3) is 6.76. The Bertz CT molecular complexity index is 1530. The Morgan fingerprint density at radius 3 is 2.42 bits per heavy atom. The van der Waals surface area contributed by atoms with Gasteiger partial charge in [0.05, 0.1) is 11.7 Å². The number of hydrogen-bond acceptors (Lipinski definition) is 4. The number of nitrogens with one attached hydrogen (secondary N) is 2. The highest BCUT2D eigenvalue weighted by Gasteiger charge is 2.38. The Labute approximate surface area is 257 Å². The molecule has 1 aliphatic carbocycles. The van der Waals surface area contributed by atoms with Crippen LogP contribution in [-0.4, -0.2) is 51.3 Å². The zero-order chi connectivity index (χ0) is 31.7. The van der Waals surface area contributed by atoms with E-state index in [0.717, 1.165) is 42.5 Å². The van der Waals surface area contributed by atoms with Gasteiger partial charge in [0.25, 0.3) is 6.43 Å². The standard InChI is InChI=1S/C32H35F5N6O2/c33-30(34)27-17-28(32(35,36)37)40-42(27)19-29(44)41-14-12-20(13-15-41)23-16-22-7-2-4-10-25(22)39-43(18-23)31(45)38-26-11-5-8-21-6-1-3-9-24(21)26/h1-4,6-7,9-10,17,20,23,26,30,39H,5,8,11-16,18-19H2,(H,38,45). The molecule has 0 bridgehead atoms. The molecule has 2 N–H and O–H groups in total. The predicted molar refractivity (Wildman–Crippen MR) is 156 cm³/mol. The Balaban J connectivity index is 1.12. The largest absolute Gasteiger partial charge is 0.435 e. The molecule has 13 heteroatoms. The monoisotopic (exact) mass is 630 g/mol. The van der Waals surface area contributed by atoms with Gasteiger partial charge in [-0.3, -0.25) is 14.9 Å². The smallest absolute Gasteiger partial charge is 0.341 e. The SMILES string of the molecule is O=C(Cn1nc(C(F)(F)F)cc1C(F)F)N1CCC(C2Cc3ccccc3NN(C(=O)NC3CCCc4ccccc43)C2)CC1. The van der Waals surface area contributed by atoms with Crippen LogP contribution >= 0.6 is 0 Å². The van der Waals surface area contributed by atoms with E-state index in [1.165, 1.54) is 10.5 Å². The Kier molecular flexibility index (Phi) is 8.69. The maximum atomic E-state index is 13.7. The number of halogens is 5. The van der Waals surface area contributed by atoms with Gasteiger partial charge in [0.15, 0.2) is 5.69 Å². The zero-order valence-electron chi connectivity index (χ0n) is 24.6. The first kappa shape index (κ1) is 30.8. The Hall–Kier alpha value is -4.16. The molecule has 2 atom stereocenters. The number of carbonyl (C=O) groups excluding carboxylic acids is 2. The number of hydrogen-bond donors (Lipinski definition) is 2. The molecular weight excluding hydrogens is 595 g/mol. The van der Waals surface area contributed by atoms with Crippen LogP contribution in [0.3, 0.4) is 0 Å². The summed E-state index contributed by atoms with van der Waals surface area (Å²) in [7, 11) is 0. The van der Waals surface area contributed by atoms with Crippen LogP contribution in [0.1, 0.15) is 66.2 Å². The van der Waals surface area contributed by atoms with Crippen molar-refractivity contribution in [2.45, 2.75) is 63.7 Å². The molecule has 45 heavy (non-hydrogen) atoms. The minimum absolute atomic E-state index is 0.0775. The third-order valence-corrected chi connectivity index (χ3v) is 9.25. The molecule has 1 saturated heterocycles. The summed E-state index contributed by atoms with van der Waals surface area (Å²) in [6, 6.07) is 16.0. The number of benzene rings is 2. The Morgan fingerprint density at radius 1 is 0.978 bits per heavy atom. The van der Waals surface area contributed by atoms with E-state index in [2.05, 4.69) is 28.0 Å². The van der Waals surface area contributed by atoms with Gasteiger partial charge < -0.3 is 10.2 Å². The summed E-state index contributed by atoms with van der Waals surface area (Å²) in [6.07, 6.45) is -3.31. The highest BCUT2D eigenvalue weighted by molar-refractivity contribution is 5.77. The van der Waals surface area contributed by atoms with Gasteiger partial charge in [-0.2, -0.15) is 18.3 Å². The number of amides is 3. The second-order valence-corrected chi connectivity index (χ2v) is 12.1. The first-order chi connectivity index (χ1) is 21.6. The van der Waals surface area contributed by atoms with E-state index in [4.69, 9.17) is 0 Å². The van der Waals surface area contributed by atoms with Crippen LogP contribution in [0.25, 0.3) is 0 Å². The van der Waals surface area contributed by atoms with Crippen molar-refractivity contribution >= 4 is 17.6 Å². The lowest BCUT2D eigenvalue weighted by atomic mass is 9.80. The number of anilines is 1. The maximum Gasteiger partial charge on any atom is 0.435 e. The molecule has 0 radical (unpaired) electrons. The number of hydrazine groups is 1. The molecule has 2 aromatic carbocycles. The molecule has 6 rings (SSSR count). The quantitative estimate of drug-likeness (QED) is 0.321. The van der Waals surface area contributed by atoms with Gasteiger partial charge in [0.1, 0.15) is 12.2 Å². The number of para-hydroxylation sites is 1. The van der Waals surface area contributed by atoms with E-state index in [-0.39, 0.29) is 30.0 Å². The van der Waals surface area contributed by atoms with Gasteiger partial charge in [-0.25, -0.2) is 18.6 Å². The molecule has 8 nitrogen and oxygen atoms in total. The molecule has 0 saturated carbocycles. The van der Waals surface area contributed by atoms with Crippen molar-refractivity contribution in [1.29, 1.82) is 0 Å². The van der Waals surface area contributed by atoms with E-state index >= 15 is 0 Å². The van der Waals surface area contributed by atoms with Gasteiger partial charge >= 0.3 is 12.2 Å². The number of piperidine rings is 1. The summed E-state index contributed by atoms with van der Waals surface area (Å²) in [5.41, 5.74) is 5.28. The molecule has 240 valence electrons. The van der Waals surface area contributed by atoms with E-state index in [0.29, 0.717) is 37.2 Å². The lowest BCUT2D eigenvalue weighted by Gasteiger charge is -2.37. The van der Waals surface area contributed by atoms with Crippen molar-refractivity contribution in [2.75, 3.05) is 25.1 Å². The van der Waals surface area contributed by atoms with Gasteiger partial charge in [-0.15, -0.1) is 0 Å². The van der Waals surface area contributed by atoms with Crippen LogP contribution in [0.5, 0.6) is 0 Å². The number of rotatable bonds is 5. The van der Waals surface area contributed by atoms with Crippen LogP contribution in [0, 0.1) is 11.8 Å². The fourth-order valence-electron chi connectivity index (χ4n) is 6.88. The summed E-state index contributed by atoms with van der Waals surface area (Å²) < 4.78 is 66.5. The fraction of sp³-hybridized carbons (Fsp3) is 0.469. The average molecular weight is 631 g/mol. The maximum absolute atomic E-state index is 13.7. The Morgan fingerprint density at radius 2 is 1.69 bits per heavy atom. The number of fused-ring (bicyclic) bond motifs is 2. The highest BCUT2D eigenvalue weighted by Crippen LogP contribution is 2.35. The second-order valence-electron chi connectivity index (χ2n) is 12.1. The molecule has 1 aromatic heterocycles. The van der Waals surface area contributed by atoms with Crippen molar-refractivity contribution in [2.24, 2.45) is 11.8 Å². The van der Waals surface area contributed by atoms with Crippen molar-refractivity contribution < 1.29 is 31.5 Å². The molecule has 3 heterocycles. The number of alkyl halides is 5. The summed E-state index contributed by atoms with van der Waals surface area (Å²) in [5, 5.41) is 8.13. The summed E-state index contributed by atoms with van der Waals surface area (Å²) in [6.45, 7) is 0.410. The third-order valence-electron chi connectivity index (χ3n) is 9.25. The zero-order valence-corrected chi connectivity index (χ0v) is 24.6. The number of nitrogens with zero attached hydrogens (tertiary/aromatic N) is 4. The van der Waals surface area contributed by atoms with Crippen molar-refractivity contribution in [1.82, 2.24) is 25.0 Å². The number of aryl methyl sites for hydroxylation is 1. The van der Waals surface area contributed by atoms with E-state index < -0.39 is 36.4 Å². The fourth-order valence-corrected chi connectivity index (χ4v) is 6.88. The molecular formula is C32H35F5N6O2. The van der Waals surface area contributed by atoms with Crippen molar-refractivity contribution in [3.8, 4) is 0 Å². The molecule has 2 unspecified atom stereocenters. The summed E-state index contributed by atoms with van der Waals surface area (Å²) >= 11 is 0. The van der Waals surface area contributed by atoms with E-state index in [1.807, 2.05) is 36.4 Å². The first-order valence-corrected chi connectivity index (χ1v) is 15.3. The molecule has 3 aromatic rings. The van der Waals surface area contributed by atoms with Crippen molar-refractivity contribution in [3.63, 3.8) is 0 Å². The normalized spacial score (nSPS) is 20.7. The molecule has 0 spiro atoms. The lowest BCUT2D eigenvalue weighted by molar-refractivity contribution is -0.142. The van der Waals surface area contributed by atoms with Gasteiger partial charge in [0.2, 0.25) is 5.91 Å². The lowest BCUT2D eigenvalue weighted by Crippen LogP contribution is -2.48. The highest BCUT2D eigenvalue weighted by atomic mass is 19.4. The first-order valence-electron chi connectivity index (χ1n) is 15.3. The van der Waals surface area contributed by atoms with Gasteiger partial charge in [-0.1, -0.05) is 42.5 Å². The van der Waals surface area contributed by atoms with Crippen LogP contribution in [0.2, 0.25) is 0 Å². The number of aromatic nitrogens is 2. The molecule has 1 fully saturated rings. The number of carbonyl (C=O) groups is 2. The number of likely N-dealkylation sites (tertiary alicyclic amines) is 1. The molecule has 2 aliphatic heterocycles. The van der Waals surface area contributed by atoms with E-state index in [1.54, 1.807) is 5.01 Å². The number of urea groups is 1. The molecule has 3 aliphatic rings. The van der Waals surface area contributed by atoms with Crippen LogP contribution < -0.4 is 10.7 Å². The summed E-state index contributed by atoms with van der Waals surface area (Å²) in [5.74, 6) is -0.326.